The lowest BCUT2D eigenvalue weighted by Crippen LogP contribution is -2.47. The molecule has 0 aliphatic rings. The number of aryl methyl sites for hydroxylation is 1. The van der Waals surface area contributed by atoms with Crippen molar-refractivity contribution < 1.29 is 19.1 Å². The molecule has 32 heavy (non-hydrogen) atoms. The van der Waals surface area contributed by atoms with E-state index >= 15 is 0 Å². The van der Waals surface area contributed by atoms with Gasteiger partial charge in [0.1, 0.15) is 17.5 Å². The van der Waals surface area contributed by atoms with Crippen molar-refractivity contribution in [2.45, 2.75) is 59.0 Å². The quantitative estimate of drug-likeness (QED) is 0.466. The van der Waals surface area contributed by atoms with Crippen molar-refractivity contribution >= 4 is 11.8 Å². The summed E-state index contributed by atoms with van der Waals surface area (Å²) in [6.45, 7) is 7.36. The lowest BCUT2D eigenvalue weighted by atomic mass is 10.1. The van der Waals surface area contributed by atoms with Gasteiger partial charge in [-0.1, -0.05) is 37.6 Å². The van der Waals surface area contributed by atoms with Crippen LogP contribution in [0.3, 0.4) is 0 Å². The number of nitrogens with one attached hydrogen (secondary N) is 1. The summed E-state index contributed by atoms with van der Waals surface area (Å²) in [4.78, 5) is 27.4. The predicted octanol–water partition coefficient (Wildman–Crippen LogP) is 4.50. The molecule has 0 aliphatic carbocycles. The topological polar surface area (TPSA) is 67.9 Å². The Kier molecular flexibility index (Phi) is 10.6. The van der Waals surface area contributed by atoms with Gasteiger partial charge in [0.25, 0.3) is 0 Å². The van der Waals surface area contributed by atoms with Crippen molar-refractivity contribution in [3.05, 3.63) is 59.7 Å². The highest BCUT2D eigenvalue weighted by atomic mass is 16.5. The molecule has 2 aromatic rings. The molecule has 2 rings (SSSR count). The molecule has 0 unspecified atom stereocenters. The van der Waals surface area contributed by atoms with Crippen LogP contribution in [0.4, 0.5) is 0 Å². The third-order valence-electron chi connectivity index (χ3n) is 5.46. The monoisotopic (exact) mass is 440 g/mol. The number of benzene rings is 2. The van der Waals surface area contributed by atoms with Gasteiger partial charge < -0.3 is 19.7 Å². The highest BCUT2D eigenvalue weighted by Crippen LogP contribution is 2.18. The maximum Gasteiger partial charge on any atom is 0.242 e. The molecule has 0 bridgehead atoms. The van der Waals surface area contributed by atoms with Gasteiger partial charge in [0.2, 0.25) is 11.8 Å². The summed E-state index contributed by atoms with van der Waals surface area (Å²) in [5.41, 5.74) is 2.15. The van der Waals surface area contributed by atoms with Crippen LogP contribution in [0.15, 0.2) is 48.5 Å². The van der Waals surface area contributed by atoms with Crippen LogP contribution in [0.25, 0.3) is 0 Å². The summed E-state index contributed by atoms with van der Waals surface area (Å²) in [5, 5.41) is 2.95. The zero-order valence-corrected chi connectivity index (χ0v) is 19.7. The van der Waals surface area contributed by atoms with Crippen molar-refractivity contribution in [2.24, 2.45) is 0 Å². The highest BCUT2D eigenvalue weighted by molar-refractivity contribution is 5.87. The number of unbranched alkanes of at least 4 members (excludes halogenated alkanes) is 1. The minimum Gasteiger partial charge on any atom is -0.497 e. The van der Waals surface area contributed by atoms with Gasteiger partial charge in [-0.15, -0.1) is 0 Å². The molecule has 0 radical (unpaired) electrons. The molecule has 0 fully saturated rings. The molecule has 0 heterocycles. The maximum atomic E-state index is 13.1. The third kappa shape index (κ3) is 7.91. The van der Waals surface area contributed by atoms with Crippen LogP contribution in [-0.4, -0.2) is 43.0 Å². The van der Waals surface area contributed by atoms with E-state index in [0.717, 1.165) is 35.5 Å². The molecular formula is C26H36N2O4. The van der Waals surface area contributed by atoms with Gasteiger partial charge in [0.15, 0.2) is 0 Å². The molecule has 0 aliphatic heterocycles. The number of amides is 2. The molecule has 0 spiro atoms. The molecule has 174 valence electrons. The molecule has 1 atom stereocenters. The Morgan fingerprint density at radius 2 is 1.72 bits per heavy atom. The van der Waals surface area contributed by atoms with Gasteiger partial charge in [-0.05, 0) is 62.1 Å². The Hall–Kier alpha value is -3.02. The maximum absolute atomic E-state index is 13.1. The second-order valence-electron chi connectivity index (χ2n) is 7.90. The van der Waals surface area contributed by atoms with Crippen LogP contribution in [0.2, 0.25) is 0 Å². The van der Waals surface area contributed by atoms with E-state index in [1.807, 2.05) is 55.5 Å². The standard InChI is InChI=1S/C26H36N2O4/c1-5-6-17-27-26(30)21(3)28(19-22-11-8-7-10-20(22)2)25(29)12-9-18-32-24-15-13-23(31-4)14-16-24/h7-8,10-11,13-16,21H,5-6,9,12,17-19H2,1-4H3,(H,27,30)/t21-/m0/s1. The first-order valence-electron chi connectivity index (χ1n) is 11.3. The fourth-order valence-corrected chi connectivity index (χ4v) is 3.32. The van der Waals surface area contributed by atoms with Crippen molar-refractivity contribution in [1.29, 1.82) is 0 Å². The first-order valence-corrected chi connectivity index (χ1v) is 11.3. The zero-order chi connectivity index (χ0) is 23.3. The summed E-state index contributed by atoms with van der Waals surface area (Å²) in [6, 6.07) is 14.8. The molecule has 0 saturated carbocycles. The van der Waals surface area contributed by atoms with Crippen LogP contribution in [0.1, 0.15) is 50.7 Å². The second-order valence-corrected chi connectivity index (χ2v) is 7.90. The molecule has 2 aromatic carbocycles. The van der Waals surface area contributed by atoms with E-state index in [0.29, 0.717) is 32.5 Å². The average molecular weight is 441 g/mol. The van der Waals surface area contributed by atoms with Gasteiger partial charge in [0.05, 0.1) is 13.7 Å². The van der Waals surface area contributed by atoms with Gasteiger partial charge in [0, 0.05) is 19.5 Å². The van der Waals surface area contributed by atoms with E-state index in [2.05, 4.69) is 12.2 Å². The van der Waals surface area contributed by atoms with Crippen LogP contribution < -0.4 is 14.8 Å². The first kappa shape index (κ1) is 25.2. The van der Waals surface area contributed by atoms with Crippen LogP contribution in [-0.2, 0) is 16.1 Å². The van der Waals surface area contributed by atoms with Crippen LogP contribution in [0, 0.1) is 6.92 Å². The second kappa shape index (κ2) is 13.4. The van der Waals surface area contributed by atoms with Gasteiger partial charge >= 0.3 is 0 Å². The van der Waals surface area contributed by atoms with Crippen LogP contribution >= 0.6 is 0 Å². The number of methoxy groups -OCH3 is 1. The molecule has 6 nitrogen and oxygen atoms in total. The van der Waals surface area contributed by atoms with Crippen molar-refractivity contribution in [3.63, 3.8) is 0 Å². The van der Waals surface area contributed by atoms with Crippen molar-refractivity contribution in [1.82, 2.24) is 10.2 Å². The smallest absolute Gasteiger partial charge is 0.242 e. The normalized spacial score (nSPS) is 11.5. The van der Waals surface area contributed by atoms with Crippen molar-refractivity contribution in [2.75, 3.05) is 20.3 Å². The number of carbonyl (C=O) groups excluding carboxylic acids is 2. The first-order chi connectivity index (χ1) is 15.5. The molecule has 2 amide bonds. The van der Waals surface area contributed by atoms with E-state index in [1.165, 1.54) is 0 Å². The molecular weight excluding hydrogens is 404 g/mol. The van der Waals surface area contributed by atoms with Gasteiger partial charge in [-0.3, -0.25) is 9.59 Å². The largest absolute Gasteiger partial charge is 0.497 e. The number of hydrogen-bond donors (Lipinski definition) is 1. The van der Waals surface area contributed by atoms with E-state index < -0.39 is 6.04 Å². The van der Waals surface area contributed by atoms with E-state index in [1.54, 1.807) is 18.9 Å². The van der Waals surface area contributed by atoms with E-state index in [-0.39, 0.29) is 11.8 Å². The number of carbonyl (C=O) groups is 2. The molecule has 6 heteroatoms. The van der Waals surface area contributed by atoms with Gasteiger partial charge in [-0.25, -0.2) is 0 Å². The fraction of sp³-hybridized carbons (Fsp3) is 0.462. The lowest BCUT2D eigenvalue weighted by molar-refractivity contribution is -0.140. The molecule has 1 N–H and O–H groups in total. The number of rotatable bonds is 13. The Bertz CT molecular complexity index is 851. The number of nitrogens with zero attached hydrogens (tertiary/aromatic N) is 1. The summed E-state index contributed by atoms with van der Waals surface area (Å²) in [6.07, 6.45) is 2.82. The minimum absolute atomic E-state index is 0.0512. The molecule has 0 aromatic heterocycles. The summed E-state index contributed by atoms with van der Waals surface area (Å²) in [5.74, 6) is 1.34. The van der Waals surface area contributed by atoms with E-state index in [9.17, 15) is 9.59 Å². The Balaban J connectivity index is 1.97. The minimum atomic E-state index is -0.540. The Morgan fingerprint density at radius 3 is 2.38 bits per heavy atom. The van der Waals surface area contributed by atoms with Crippen molar-refractivity contribution in [3.8, 4) is 11.5 Å². The Labute approximate surface area is 191 Å². The predicted molar refractivity (Wildman–Crippen MR) is 127 cm³/mol. The number of hydrogen-bond acceptors (Lipinski definition) is 4. The zero-order valence-electron chi connectivity index (χ0n) is 19.7. The van der Waals surface area contributed by atoms with E-state index in [4.69, 9.17) is 9.47 Å². The van der Waals surface area contributed by atoms with Crippen LogP contribution in [0.5, 0.6) is 11.5 Å². The third-order valence-corrected chi connectivity index (χ3v) is 5.46. The average Bonchev–Trinajstić information content (AvgIpc) is 2.81. The summed E-state index contributed by atoms with van der Waals surface area (Å²) in [7, 11) is 1.62. The SMILES string of the molecule is CCCCNC(=O)[C@H](C)N(Cc1ccccc1C)C(=O)CCCOc1ccc(OC)cc1. The highest BCUT2D eigenvalue weighted by Gasteiger charge is 2.26. The van der Waals surface area contributed by atoms with Gasteiger partial charge in [-0.2, -0.15) is 0 Å². The molecule has 0 saturated heterocycles. The summed E-state index contributed by atoms with van der Waals surface area (Å²) < 4.78 is 10.9. The lowest BCUT2D eigenvalue weighted by Gasteiger charge is -2.29. The Morgan fingerprint density at radius 1 is 1.03 bits per heavy atom. The number of ether oxygens (including phenoxy) is 2. The summed E-state index contributed by atoms with van der Waals surface area (Å²) >= 11 is 0. The fourth-order valence-electron chi connectivity index (χ4n) is 3.32.